The summed E-state index contributed by atoms with van der Waals surface area (Å²) in [4.78, 5) is 26.0. The van der Waals surface area contributed by atoms with Crippen molar-refractivity contribution in [1.29, 1.82) is 0 Å². The number of ether oxygens (including phenoxy) is 4. The summed E-state index contributed by atoms with van der Waals surface area (Å²) in [6.07, 6.45) is 6.36. The molecule has 2 unspecified atom stereocenters. The zero-order valence-electron chi connectivity index (χ0n) is 20.7. The zero-order chi connectivity index (χ0) is 24.8. The minimum absolute atomic E-state index is 0.119. The molecule has 35 heavy (non-hydrogen) atoms. The highest BCUT2D eigenvalue weighted by Gasteiger charge is 2.54. The highest BCUT2D eigenvalue weighted by Crippen LogP contribution is 2.42. The lowest BCUT2D eigenvalue weighted by Crippen LogP contribution is -2.53. The highest BCUT2D eigenvalue weighted by molar-refractivity contribution is 5.07. The first kappa shape index (κ1) is 26.5. The van der Waals surface area contributed by atoms with Gasteiger partial charge in [0.15, 0.2) is 6.29 Å². The minimum Gasteiger partial charge on any atom is -0.384 e. The number of aliphatic hydroxyl groups is 1. The molecule has 1 aromatic rings. The van der Waals surface area contributed by atoms with E-state index < -0.39 is 36.4 Å². The van der Waals surface area contributed by atoms with Crippen molar-refractivity contribution in [2.75, 3.05) is 26.5 Å². The van der Waals surface area contributed by atoms with Gasteiger partial charge in [0.2, 0.25) is 0 Å². The van der Waals surface area contributed by atoms with Crippen LogP contribution in [0, 0.1) is 6.92 Å². The fraction of sp³-hybridized carbons (Fsp3) is 0.840. The van der Waals surface area contributed by atoms with E-state index in [-0.39, 0.29) is 31.4 Å². The Morgan fingerprint density at radius 3 is 2.57 bits per heavy atom. The van der Waals surface area contributed by atoms with Crippen molar-refractivity contribution in [1.82, 2.24) is 9.13 Å². The van der Waals surface area contributed by atoms with Gasteiger partial charge in [-0.1, -0.05) is 0 Å². The van der Waals surface area contributed by atoms with Gasteiger partial charge in [-0.2, -0.15) is 0 Å². The van der Waals surface area contributed by atoms with Crippen molar-refractivity contribution in [3.63, 3.8) is 0 Å². The summed E-state index contributed by atoms with van der Waals surface area (Å²) >= 11 is 0. The molecule has 10 heteroatoms. The van der Waals surface area contributed by atoms with Gasteiger partial charge < -0.3 is 24.1 Å². The van der Waals surface area contributed by atoms with Crippen molar-refractivity contribution in [2.45, 2.75) is 108 Å². The number of hydrogen-bond donors (Lipinski definition) is 1. The molecule has 3 aliphatic rings. The van der Waals surface area contributed by atoms with E-state index >= 15 is 0 Å². The lowest BCUT2D eigenvalue weighted by atomic mass is 9.85. The molecule has 0 aromatic carbocycles. The number of alkyl halides is 1. The van der Waals surface area contributed by atoms with E-state index in [9.17, 15) is 19.1 Å². The molecule has 0 spiro atoms. The molecule has 0 radical (unpaired) electrons. The monoisotopic (exact) mass is 498 g/mol. The van der Waals surface area contributed by atoms with Crippen LogP contribution in [0.4, 0.5) is 4.39 Å². The molecule has 1 aromatic heterocycles. The van der Waals surface area contributed by atoms with Gasteiger partial charge >= 0.3 is 5.69 Å². The number of aryl methyl sites for hydroxylation is 1. The molecule has 0 saturated carbocycles. The molecule has 3 saturated heterocycles. The standard InChI is InChI=1S/C25H39FN2O7/c1-18-16-28(24(30)27(23(18)29)12-6-2-5-11-26)21-15-25(31,19-9-3-7-13-32-19)20(35-21)17-34-22-10-4-8-14-33-22/h16,19-22,31H,2-15,17H2,1H3/t19?,20-,21-,22?,25-/m1/s1. The number of nitrogens with zero attached hydrogens (tertiary/aromatic N) is 2. The van der Waals surface area contributed by atoms with Gasteiger partial charge in [-0.3, -0.25) is 18.3 Å². The number of rotatable bonds is 10. The van der Waals surface area contributed by atoms with Crippen molar-refractivity contribution >= 4 is 0 Å². The third kappa shape index (κ3) is 6.05. The van der Waals surface area contributed by atoms with E-state index in [1.807, 2.05) is 0 Å². The topological polar surface area (TPSA) is 101 Å². The second-order valence-corrected chi connectivity index (χ2v) is 9.97. The summed E-state index contributed by atoms with van der Waals surface area (Å²) in [5.41, 5.74) is -1.78. The maximum Gasteiger partial charge on any atom is 0.333 e. The number of unbranched alkanes of at least 4 members (excludes halogenated alkanes) is 2. The first-order chi connectivity index (χ1) is 16.9. The summed E-state index contributed by atoms with van der Waals surface area (Å²) < 4.78 is 38.9. The van der Waals surface area contributed by atoms with Gasteiger partial charge in [0.1, 0.15) is 17.9 Å². The van der Waals surface area contributed by atoms with Crippen LogP contribution in [0.1, 0.15) is 76.0 Å². The van der Waals surface area contributed by atoms with Crippen molar-refractivity contribution < 1.29 is 28.4 Å². The lowest BCUT2D eigenvalue weighted by molar-refractivity contribution is -0.210. The third-order valence-electron chi connectivity index (χ3n) is 7.38. The molecular formula is C25H39FN2O7. The van der Waals surface area contributed by atoms with E-state index in [1.54, 1.807) is 6.92 Å². The van der Waals surface area contributed by atoms with Gasteiger partial charge in [0.25, 0.3) is 5.56 Å². The van der Waals surface area contributed by atoms with E-state index in [0.29, 0.717) is 44.5 Å². The van der Waals surface area contributed by atoms with E-state index in [2.05, 4.69) is 0 Å². The SMILES string of the molecule is Cc1cn([C@H]2C[C@@](O)(C3CCCCO3)[C@@H](COC3CCCCO3)O2)c(=O)n(CCCCCF)c1=O. The van der Waals surface area contributed by atoms with Crippen LogP contribution < -0.4 is 11.2 Å². The summed E-state index contributed by atoms with van der Waals surface area (Å²) in [5, 5.41) is 11.8. The maximum absolute atomic E-state index is 13.3. The van der Waals surface area contributed by atoms with Crippen LogP contribution in [0.15, 0.2) is 15.8 Å². The van der Waals surface area contributed by atoms with Crippen LogP contribution in [0.2, 0.25) is 0 Å². The van der Waals surface area contributed by atoms with Crippen molar-refractivity contribution in [3.05, 3.63) is 32.6 Å². The van der Waals surface area contributed by atoms with Gasteiger partial charge in [0, 0.05) is 37.9 Å². The van der Waals surface area contributed by atoms with Crippen LogP contribution in [0.25, 0.3) is 0 Å². The van der Waals surface area contributed by atoms with Crippen LogP contribution in [0.5, 0.6) is 0 Å². The Morgan fingerprint density at radius 2 is 1.89 bits per heavy atom. The van der Waals surface area contributed by atoms with E-state index in [0.717, 1.165) is 32.1 Å². The van der Waals surface area contributed by atoms with Crippen LogP contribution in [-0.4, -0.2) is 64.8 Å². The lowest BCUT2D eigenvalue weighted by Gasteiger charge is -2.38. The zero-order valence-corrected chi connectivity index (χ0v) is 20.7. The van der Waals surface area contributed by atoms with Crippen molar-refractivity contribution in [3.8, 4) is 0 Å². The fourth-order valence-corrected chi connectivity index (χ4v) is 5.33. The second-order valence-electron chi connectivity index (χ2n) is 9.97. The van der Waals surface area contributed by atoms with Gasteiger partial charge in [0.05, 0.1) is 19.4 Å². The normalized spacial score (nSPS) is 31.6. The summed E-state index contributed by atoms with van der Waals surface area (Å²) in [6, 6.07) is 0. The van der Waals surface area contributed by atoms with Gasteiger partial charge in [-0.15, -0.1) is 0 Å². The van der Waals surface area contributed by atoms with Crippen LogP contribution >= 0.6 is 0 Å². The number of aromatic nitrogens is 2. The smallest absolute Gasteiger partial charge is 0.333 e. The fourth-order valence-electron chi connectivity index (χ4n) is 5.33. The predicted octanol–water partition coefficient (Wildman–Crippen LogP) is 2.59. The van der Waals surface area contributed by atoms with Gasteiger partial charge in [-0.05, 0) is 64.7 Å². The average molecular weight is 499 g/mol. The van der Waals surface area contributed by atoms with Crippen molar-refractivity contribution in [2.24, 2.45) is 0 Å². The Balaban J connectivity index is 1.56. The number of halogens is 1. The summed E-state index contributed by atoms with van der Waals surface area (Å²) in [7, 11) is 0. The molecule has 198 valence electrons. The van der Waals surface area contributed by atoms with Gasteiger partial charge in [-0.25, -0.2) is 4.79 Å². The second kappa shape index (κ2) is 12.1. The average Bonchev–Trinajstić information content (AvgIpc) is 3.23. The Hall–Kier alpha value is -1.59. The first-order valence-corrected chi connectivity index (χ1v) is 13.0. The Bertz CT molecular complexity index is 939. The van der Waals surface area contributed by atoms with Crippen LogP contribution in [-0.2, 0) is 25.5 Å². The molecule has 3 fully saturated rings. The quantitative estimate of drug-likeness (QED) is 0.495. The Labute approximate surface area is 205 Å². The maximum atomic E-state index is 13.3. The molecule has 0 amide bonds. The molecular weight excluding hydrogens is 459 g/mol. The third-order valence-corrected chi connectivity index (χ3v) is 7.38. The molecule has 5 atom stereocenters. The Morgan fingerprint density at radius 1 is 1.11 bits per heavy atom. The largest absolute Gasteiger partial charge is 0.384 e. The summed E-state index contributed by atoms with van der Waals surface area (Å²) in [5.74, 6) is 0. The molecule has 0 aliphatic carbocycles. The molecule has 9 nitrogen and oxygen atoms in total. The summed E-state index contributed by atoms with van der Waals surface area (Å²) in [6.45, 7) is 2.79. The highest BCUT2D eigenvalue weighted by atomic mass is 19.1. The molecule has 3 aliphatic heterocycles. The Kier molecular flexibility index (Phi) is 9.15. The number of hydrogen-bond acceptors (Lipinski definition) is 7. The molecule has 0 bridgehead atoms. The molecule has 1 N–H and O–H groups in total. The predicted molar refractivity (Wildman–Crippen MR) is 126 cm³/mol. The molecule has 4 rings (SSSR count). The van der Waals surface area contributed by atoms with Crippen LogP contribution in [0.3, 0.4) is 0 Å². The molecule has 4 heterocycles. The first-order valence-electron chi connectivity index (χ1n) is 13.0. The van der Waals surface area contributed by atoms with E-state index in [4.69, 9.17) is 18.9 Å². The minimum atomic E-state index is -1.34. The van der Waals surface area contributed by atoms with E-state index in [1.165, 1.54) is 15.3 Å².